The van der Waals surface area contributed by atoms with Gasteiger partial charge in [0.1, 0.15) is 5.82 Å². The molecule has 1 N–H and O–H groups in total. The van der Waals surface area contributed by atoms with Crippen molar-refractivity contribution in [3.63, 3.8) is 0 Å². The van der Waals surface area contributed by atoms with Crippen LogP contribution in [0.4, 0.5) is 0 Å². The summed E-state index contributed by atoms with van der Waals surface area (Å²) in [5.41, 5.74) is 2.70. The van der Waals surface area contributed by atoms with E-state index in [1.165, 1.54) is 22.9 Å². The average molecular weight is 359 g/mol. The van der Waals surface area contributed by atoms with E-state index in [2.05, 4.69) is 65.1 Å². The van der Waals surface area contributed by atoms with Crippen LogP contribution in [0.5, 0.6) is 0 Å². The first-order valence-electron chi connectivity index (χ1n) is 8.97. The molecule has 2 aromatic rings. The van der Waals surface area contributed by atoms with Gasteiger partial charge in [0.25, 0.3) is 0 Å². The van der Waals surface area contributed by atoms with Crippen molar-refractivity contribution >= 4 is 17.7 Å². The number of fused-ring (bicyclic) bond motifs is 1. The predicted molar refractivity (Wildman–Crippen MR) is 101 cm³/mol. The fourth-order valence-electron chi connectivity index (χ4n) is 3.32. The second-order valence-electron chi connectivity index (χ2n) is 6.97. The zero-order valence-electron chi connectivity index (χ0n) is 15.2. The second kappa shape index (κ2) is 8.04. The third-order valence-electron chi connectivity index (χ3n) is 4.45. The number of benzene rings is 1. The highest BCUT2D eigenvalue weighted by atomic mass is 32.2. The quantitative estimate of drug-likeness (QED) is 0.773. The van der Waals surface area contributed by atoms with Gasteiger partial charge in [-0.2, -0.15) is 0 Å². The Morgan fingerprint density at radius 1 is 1.28 bits per heavy atom. The largest absolute Gasteiger partial charge is 0.352 e. The van der Waals surface area contributed by atoms with Gasteiger partial charge in [-0.1, -0.05) is 49.9 Å². The Labute approximate surface area is 153 Å². The molecule has 5 nitrogen and oxygen atoms in total. The third kappa shape index (κ3) is 4.42. The fourth-order valence-corrected chi connectivity index (χ4v) is 4.15. The molecule has 0 spiro atoms. The Balaban J connectivity index is 1.52. The molecule has 1 aromatic carbocycles. The number of nitrogens with one attached hydrogen (secondary N) is 1. The molecule has 3 rings (SSSR count). The highest BCUT2D eigenvalue weighted by Gasteiger charge is 2.22. The number of aromatic nitrogens is 3. The predicted octanol–water partition coefficient (Wildman–Crippen LogP) is 2.87. The van der Waals surface area contributed by atoms with E-state index in [1.54, 1.807) is 0 Å². The number of rotatable bonds is 7. The van der Waals surface area contributed by atoms with Crippen LogP contribution in [0.1, 0.15) is 37.7 Å². The maximum absolute atomic E-state index is 12.3. The summed E-state index contributed by atoms with van der Waals surface area (Å²) in [7, 11) is 0. The lowest BCUT2D eigenvalue weighted by atomic mass is 10.1. The van der Waals surface area contributed by atoms with E-state index in [-0.39, 0.29) is 11.9 Å². The van der Waals surface area contributed by atoms with Gasteiger partial charge in [-0.25, -0.2) is 0 Å². The number of carbonyl (C=O) groups is 1. The Morgan fingerprint density at radius 3 is 2.56 bits per heavy atom. The van der Waals surface area contributed by atoms with Crippen molar-refractivity contribution in [2.24, 2.45) is 5.92 Å². The van der Waals surface area contributed by atoms with Crippen molar-refractivity contribution < 1.29 is 4.79 Å². The minimum atomic E-state index is 0.0684. The summed E-state index contributed by atoms with van der Waals surface area (Å²) < 4.78 is 2.11. The van der Waals surface area contributed by atoms with Crippen LogP contribution in [-0.2, 0) is 30.6 Å². The molecule has 0 saturated heterocycles. The van der Waals surface area contributed by atoms with Crippen LogP contribution in [0.3, 0.4) is 0 Å². The van der Waals surface area contributed by atoms with Crippen LogP contribution < -0.4 is 5.32 Å². The number of hydrogen-bond donors (Lipinski definition) is 1. The molecule has 1 amide bonds. The number of carbonyl (C=O) groups excluding carboxylic acids is 1. The van der Waals surface area contributed by atoms with Gasteiger partial charge in [0.2, 0.25) is 5.91 Å². The van der Waals surface area contributed by atoms with Gasteiger partial charge in [0.05, 0.1) is 5.75 Å². The number of thioether (sulfide) groups is 1. The lowest BCUT2D eigenvalue weighted by Crippen LogP contribution is -2.36. The molecule has 0 saturated carbocycles. The van der Waals surface area contributed by atoms with Crippen LogP contribution in [-0.4, -0.2) is 32.5 Å². The maximum atomic E-state index is 12.3. The first-order chi connectivity index (χ1) is 12.1. The summed E-state index contributed by atoms with van der Waals surface area (Å²) in [4.78, 5) is 12.3. The fraction of sp³-hybridized carbons (Fsp3) is 0.526. The zero-order chi connectivity index (χ0) is 17.8. The van der Waals surface area contributed by atoms with Gasteiger partial charge in [-0.05, 0) is 36.8 Å². The van der Waals surface area contributed by atoms with Crippen molar-refractivity contribution in [1.82, 2.24) is 20.1 Å². The standard InChI is InChI=1S/C19H26N4OS/c1-4-23-17(9-13(2)3)21-22-19(23)25-12-18(24)20-16-10-14-7-5-6-8-15(14)11-16/h5-8,13,16H,4,9-12H2,1-3H3,(H,20,24). The van der Waals surface area contributed by atoms with E-state index in [9.17, 15) is 4.79 Å². The summed E-state index contributed by atoms with van der Waals surface area (Å²) in [6.45, 7) is 7.27. The van der Waals surface area contributed by atoms with Gasteiger partial charge < -0.3 is 9.88 Å². The van der Waals surface area contributed by atoms with E-state index in [4.69, 9.17) is 0 Å². The molecule has 25 heavy (non-hydrogen) atoms. The molecular weight excluding hydrogens is 332 g/mol. The molecule has 0 unspecified atom stereocenters. The first-order valence-corrected chi connectivity index (χ1v) is 9.96. The maximum Gasteiger partial charge on any atom is 0.230 e. The molecule has 1 heterocycles. The van der Waals surface area contributed by atoms with E-state index in [1.807, 2.05) is 0 Å². The van der Waals surface area contributed by atoms with E-state index in [0.29, 0.717) is 11.7 Å². The summed E-state index contributed by atoms with van der Waals surface area (Å²) in [6, 6.07) is 8.63. The normalized spacial score (nSPS) is 14.1. The van der Waals surface area contributed by atoms with Crippen LogP contribution in [0.2, 0.25) is 0 Å². The average Bonchev–Trinajstić information content (AvgIpc) is 3.15. The van der Waals surface area contributed by atoms with Gasteiger partial charge in [-0.3, -0.25) is 4.79 Å². The van der Waals surface area contributed by atoms with Crippen molar-refractivity contribution in [2.45, 2.75) is 57.8 Å². The summed E-state index contributed by atoms with van der Waals surface area (Å²) >= 11 is 1.47. The molecular formula is C19H26N4OS. The van der Waals surface area contributed by atoms with E-state index in [0.717, 1.165) is 36.8 Å². The SMILES string of the molecule is CCn1c(CC(C)C)nnc1SCC(=O)NC1Cc2ccccc2C1. The van der Waals surface area contributed by atoms with Gasteiger partial charge in [-0.15, -0.1) is 10.2 Å². The Morgan fingerprint density at radius 2 is 1.96 bits per heavy atom. The minimum Gasteiger partial charge on any atom is -0.352 e. The topological polar surface area (TPSA) is 59.8 Å². The summed E-state index contributed by atoms with van der Waals surface area (Å²) in [6.07, 6.45) is 2.76. The first kappa shape index (κ1) is 18.0. The number of nitrogens with zero attached hydrogens (tertiary/aromatic N) is 3. The highest BCUT2D eigenvalue weighted by Crippen LogP contribution is 2.22. The van der Waals surface area contributed by atoms with Crippen molar-refractivity contribution in [3.8, 4) is 0 Å². The monoisotopic (exact) mass is 358 g/mol. The van der Waals surface area contributed by atoms with Crippen LogP contribution in [0, 0.1) is 5.92 Å². The molecule has 0 atom stereocenters. The molecule has 1 aliphatic rings. The Hall–Kier alpha value is -1.82. The molecule has 0 fully saturated rings. The van der Waals surface area contributed by atoms with Gasteiger partial charge in [0, 0.05) is 19.0 Å². The van der Waals surface area contributed by atoms with Crippen LogP contribution in [0.25, 0.3) is 0 Å². The van der Waals surface area contributed by atoms with Gasteiger partial charge in [0.15, 0.2) is 5.16 Å². The second-order valence-corrected chi connectivity index (χ2v) is 7.91. The van der Waals surface area contributed by atoms with E-state index < -0.39 is 0 Å². The van der Waals surface area contributed by atoms with Crippen molar-refractivity contribution in [2.75, 3.05) is 5.75 Å². The molecule has 1 aliphatic carbocycles. The molecule has 134 valence electrons. The lowest BCUT2D eigenvalue weighted by Gasteiger charge is -2.12. The number of amides is 1. The summed E-state index contributed by atoms with van der Waals surface area (Å²) in [5, 5.41) is 12.6. The van der Waals surface area contributed by atoms with Crippen molar-refractivity contribution in [3.05, 3.63) is 41.2 Å². The smallest absolute Gasteiger partial charge is 0.230 e. The lowest BCUT2D eigenvalue weighted by molar-refractivity contribution is -0.119. The Kier molecular flexibility index (Phi) is 5.78. The van der Waals surface area contributed by atoms with Crippen LogP contribution in [0.15, 0.2) is 29.4 Å². The number of hydrogen-bond acceptors (Lipinski definition) is 4. The van der Waals surface area contributed by atoms with Crippen molar-refractivity contribution in [1.29, 1.82) is 0 Å². The summed E-state index contributed by atoms with van der Waals surface area (Å²) in [5.74, 6) is 2.00. The van der Waals surface area contributed by atoms with E-state index >= 15 is 0 Å². The van der Waals surface area contributed by atoms with Crippen LogP contribution >= 0.6 is 11.8 Å². The Bertz CT molecular complexity index is 716. The molecule has 0 bridgehead atoms. The molecule has 0 aliphatic heterocycles. The zero-order valence-corrected chi connectivity index (χ0v) is 16.0. The highest BCUT2D eigenvalue weighted by molar-refractivity contribution is 7.99. The van der Waals surface area contributed by atoms with Gasteiger partial charge >= 0.3 is 0 Å². The molecule has 1 aromatic heterocycles. The molecule has 6 heteroatoms. The third-order valence-corrected chi connectivity index (χ3v) is 5.42. The minimum absolute atomic E-state index is 0.0684. The molecule has 0 radical (unpaired) electrons.